The largest absolute Gasteiger partial charge is 0.496 e. The highest BCUT2D eigenvalue weighted by Gasteiger charge is 2.36. The molecule has 2 aromatic carbocycles. The molecule has 33 heavy (non-hydrogen) atoms. The van der Waals surface area contributed by atoms with E-state index in [-0.39, 0.29) is 11.0 Å². The standard InChI is InChI=1S/C26H28N2O4S/c1-26(2)14-13-20-22(21-6-5-15-27-25(21)29)16-18(24(32-3)23(20)26)10-7-17-8-11-19(12-9-17)28-33(4,30)31/h5-12,15-16,28H,13-14H2,1-4H3,(H,27,29)/b10-7+. The normalized spacial score (nSPS) is 14.9. The molecule has 0 saturated carbocycles. The highest BCUT2D eigenvalue weighted by atomic mass is 32.2. The van der Waals surface area contributed by atoms with E-state index in [0.717, 1.165) is 47.1 Å². The van der Waals surface area contributed by atoms with Gasteiger partial charge in [-0.25, -0.2) is 8.42 Å². The number of benzene rings is 2. The summed E-state index contributed by atoms with van der Waals surface area (Å²) >= 11 is 0. The molecule has 0 bridgehead atoms. The number of anilines is 1. The van der Waals surface area contributed by atoms with Gasteiger partial charge in [-0.15, -0.1) is 0 Å². The van der Waals surface area contributed by atoms with E-state index in [4.69, 9.17) is 4.74 Å². The lowest BCUT2D eigenvalue weighted by Gasteiger charge is -2.24. The van der Waals surface area contributed by atoms with E-state index in [2.05, 4.69) is 23.6 Å². The summed E-state index contributed by atoms with van der Waals surface area (Å²) in [6, 6.07) is 12.9. The Morgan fingerprint density at radius 1 is 1.09 bits per heavy atom. The Kier molecular flexibility index (Phi) is 5.93. The molecule has 0 spiro atoms. The minimum atomic E-state index is -3.32. The predicted molar refractivity (Wildman–Crippen MR) is 134 cm³/mol. The van der Waals surface area contributed by atoms with Crippen LogP contribution in [0.1, 0.15) is 42.5 Å². The number of pyridine rings is 1. The second kappa shape index (κ2) is 8.56. The molecule has 7 heteroatoms. The first-order valence-electron chi connectivity index (χ1n) is 10.8. The van der Waals surface area contributed by atoms with Crippen LogP contribution in [0.4, 0.5) is 5.69 Å². The average Bonchev–Trinajstić information content (AvgIpc) is 3.07. The monoisotopic (exact) mass is 464 g/mol. The lowest BCUT2D eigenvalue weighted by Crippen LogP contribution is -2.15. The van der Waals surface area contributed by atoms with Crippen molar-refractivity contribution in [2.75, 3.05) is 18.1 Å². The summed E-state index contributed by atoms with van der Waals surface area (Å²) in [5.41, 5.74) is 6.04. The summed E-state index contributed by atoms with van der Waals surface area (Å²) in [7, 11) is -1.64. The van der Waals surface area contributed by atoms with Crippen LogP contribution in [0, 0.1) is 0 Å². The van der Waals surface area contributed by atoms with Crippen molar-refractivity contribution in [1.29, 1.82) is 0 Å². The molecule has 1 heterocycles. The van der Waals surface area contributed by atoms with Gasteiger partial charge in [-0.2, -0.15) is 0 Å². The lowest BCUT2D eigenvalue weighted by molar-refractivity contribution is 0.394. The number of H-pyrrole nitrogens is 1. The highest BCUT2D eigenvalue weighted by Crippen LogP contribution is 2.49. The van der Waals surface area contributed by atoms with Crippen molar-refractivity contribution < 1.29 is 13.2 Å². The van der Waals surface area contributed by atoms with Gasteiger partial charge < -0.3 is 9.72 Å². The van der Waals surface area contributed by atoms with Gasteiger partial charge in [0, 0.05) is 28.6 Å². The Labute approximate surface area is 194 Å². The molecule has 4 rings (SSSR count). The maximum absolute atomic E-state index is 12.6. The summed E-state index contributed by atoms with van der Waals surface area (Å²) in [5, 5.41) is 0. The van der Waals surface area contributed by atoms with E-state index in [9.17, 15) is 13.2 Å². The lowest BCUT2D eigenvalue weighted by atomic mass is 9.83. The molecule has 0 atom stereocenters. The van der Waals surface area contributed by atoms with Gasteiger partial charge in [0.1, 0.15) is 5.75 Å². The SMILES string of the molecule is COc1c(/C=C/c2ccc(NS(C)(=O)=O)cc2)cc(-c2ccc[nH]c2=O)c2c1C(C)(C)CC2. The minimum Gasteiger partial charge on any atom is -0.496 e. The van der Waals surface area contributed by atoms with Crippen LogP contribution in [0.3, 0.4) is 0 Å². The van der Waals surface area contributed by atoms with E-state index in [1.165, 1.54) is 5.56 Å². The van der Waals surface area contributed by atoms with Crippen molar-refractivity contribution in [2.24, 2.45) is 0 Å². The van der Waals surface area contributed by atoms with Gasteiger partial charge in [0.25, 0.3) is 5.56 Å². The third-order valence-corrected chi connectivity index (χ3v) is 6.68. The number of hydrogen-bond acceptors (Lipinski definition) is 4. The summed E-state index contributed by atoms with van der Waals surface area (Å²) < 4.78 is 31.2. The second-order valence-electron chi connectivity index (χ2n) is 9.03. The fraction of sp³-hybridized carbons (Fsp3) is 0.269. The average molecular weight is 465 g/mol. The van der Waals surface area contributed by atoms with Crippen molar-refractivity contribution in [2.45, 2.75) is 32.1 Å². The van der Waals surface area contributed by atoms with Gasteiger partial charge in [-0.3, -0.25) is 9.52 Å². The number of fused-ring (bicyclic) bond motifs is 1. The molecule has 0 unspecified atom stereocenters. The molecule has 3 aromatic rings. The maximum atomic E-state index is 12.6. The summed E-state index contributed by atoms with van der Waals surface area (Å²) in [6.07, 6.45) is 8.57. The zero-order valence-electron chi connectivity index (χ0n) is 19.2. The van der Waals surface area contributed by atoms with Gasteiger partial charge in [-0.05, 0) is 65.3 Å². The number of nitrogens with one attached hydrogen (secondary N) is 2. The molecule has 0 saturated heterocycles. The van der Waals surface area contributed by atoms with Gasteiger partial charge in [-0.1, -0.05) is 38.1 Å². The molecule has 0 amide bonds. The van der Waals surface area contributed by atoms with Crippen molar-refractivity contribution in [1.82, 2.24) is 4.98 Å². The third-order valence-electron chi connectivity index (χ3n) is 6.07. The van der Waals surface area contributed by atoms with Crippen LogP contribution in [-0.2, 0) is 21.9 Å². The smallest absolute Gasteiger partial charge is 0.255 e. The quantitative estimate of drug-likeness (QED) is 0.512. The summed E-state index contributed by atoms with van der Waals surface area (Å²) in [5.74, 6) is 0.829. The van der Waals surface area contributed by atoms with Crippen LogP contribution >= 0.6 is 0 Å². The van der Waals surface area contributed by atoms with Gasteiger partial charge in [0.15, 0.2) is 0 Å². The zero-order chi connectivity index (χ0) is 23.8. The summed E-state index contributed by atoms with van der Waals surface area (Å²) in [6.45, 7) is 4.42. The van der Waals surface area contributed by atoms with Crippen molar-refractivity contribution in [3.63, 3.8) is 0 Å². The number of aromatic nitrogens is 1. The maximum Gasteiger partial charge on any atom is 0.255 e. The van der Waals surface area contributed by atoms with E-state index in [1.807, 2.05) is 42.5 Å². The number of methoxy groups -OCH3 is 1. The summed E-state index contributed by atoms with van der Waals surface area (Å²) in [4.78, 5) is 15.4. The fourth-order valence-corrected chi connectivity index (χ4v) is 5.11. The number of rotatable bonds is 6. The van der Waals surface area contributed by atoms with Crippen LogP contribution in [0.15, 0.2) is 53.5 Å². The van der Waals surface area contributed by atoms with Gasteiger partial charge in [0.05, 0.1) is 13.4 Å². The molecule has 1 aliphatic carbocycles. The van der Waals surface area contributed by atoms with Crippen LogP contribution in [0.25, 0.3) is 23.3 Å². The van der Waals surface area contributed by atoms with Crippen LogP contribution in [0.5, 0.6) is 5.75 Å². The van der Waals surface area contributed by atoms with Gasteiger partial charge >= 0.3 is 0 Å². The topological polar surface area (TPSA) is 88.3 Å². The Hall–Kier alpha value is -3.32. The third kappa shape index (κ3) is 4.73. The minimum absolute atomic E-state index is 0.0697. The molecule has 0 fully saturated rings. The predicted octanol–water partition coefficient (Wildman–Crippen LogP) is 4.82. The Balaban J connectivity index is 1.81. The van der Waals surface area contributed by atoms with E-state index >= 15 is 0 Å². The Morgan fingerprint density at radius 3 is 2.45 bits per heavy atom. The van der Waals surface area contributed by atoms with Crippen molar-refractivity contribution >= 4 is 27.9 Å². The highest BCUT2D eigenvalue weighted by molar-refractivity contribution is 7.92. The van der Waals surface area contributed by atoms with Crippen LogP contribution in [-0.4, -0.2) is 26.8 Å². The van der Waals surface area contributed by atoms with E-state index in [0.29, 0.717) is 11.3 Å². The van der Waals surface area contributed by atoms with E-state index in [1.54, 1.807) is 25.4 Å². The number of aromatic amines is 1. The zero-order valence-corrected chi connectivity index (χ0v) is 20.0. The Morgan fingerprint density at radius 2 is 1.82 bits per heavy atom. The molecule has 0 aliphatic heterocycles. The first kappa shape index (κ1) is 22.9. The number of hydrogen-bond donors (Lipinski definition) is 2. The number of ether oxygens (including phenoxy) is 1. The van der Waals surface area contributed by atoms with Crippen molar-refractivity contribution in [3.8, 4) is 16.9 Å². The molecule has 1 aromatic heterocycles. The van der Waals surface area contributed by atoms with Crippen LogP contribution < -0.4 is 15.0 Å². The molecular weight excluding hydrogens is 436 g/mol. The molecule has 6 nitrogen and oxygen atoms in total. The number of sulfonamides is 1. The molecule has 1 aliphatic rings. The van der Waals surface area contributed by atoms with E-state index < -0.39 is 10.0 Å². The molecular formula is C26H28N2O4S. The first-order valence-corrected chi connectivity index (χ1v) is 12.7. The molecule has 0 radical (unpaired) electrons. The second-order valence-corrected chi connectivity index (χ2v) is 10.8. The first-order chi connectivity index (χ1) is 15.6. The van der Waals surface area contributed by atoms with Gasteiger partial charge in [0.2, 0.25) is 10.0 Å². The fourth-order valence-electron chi connectivity index (χ4n) is 4.54. The molecule has 172 valence electrons. The van der Waals surface area contributed by atoms with Crippen molar-refractivity contribution in [3.05, 3.63) is 81.3 Å². The van der Waals surface area contributed by atoms with Crippen LogP contribution in [0.2, 0.25) is 0 Å². The molecule has 2 N–H and O–H groups in total. The Bertz CT molecular complexity index is 1380.